The lowest BCUT2D eigenvalue weighted by Crippen LogP contribution is -2.43. The van der Waals surface area contributed by atoms with Crippen LogP contribution in [0.4, 0.5) is 0 Å². The van der Waals surface area contributed by atoms with E-state index >= 15 is 0 Å². The number of carboxylic acid groups (broad SMARTS) is 2. The van der Waals surface area contributed by atoms with Crippen molar-refractivity contribution in [3.8, 4) is 0 Å². The number of aliphatic carboxylic acids is 2. The lowest BCUT2D eigenvalue weighted by atomic mass is 9.96. The highest BCUT2D eigenvalue weighted by Gasteiger charge is 2.41. The Hall–Kier alpha value is -2.46. The maximum atomic E-state index is 12.0. The van der Waals surface area contributed by atoms with Crippen molar-refractivity contribution in [2.45, 2.75) is 121 Å². The summed E-state index contributed by atoms with van der Waals surface area (Å²) < 4.78 is 9.82. The summed E-state index contributed by atoms with van der Waals surface area (Å²) in [5.74, 6) is -5.23. The summed E-state index contributed by atoms with van der Waals surface area (Å²) in [7, 11) is 0. The van der Waals surface area contributed by atoms with Crippen molar-refractivity contribution in [2.75, 3.05) is 13.2 Å². The van der Waals surface area contributed by atoms with E-state index < -0.39 is 61.6 Å². The highest BCUT2D eigenvalue weighted by molar-refractivity contribution is 5.88. The number of hydrogen-bond donors (Lipinski definition) is 4. The van der Waals surface area contributed by atoms with E-state index in [0.29, 0.717) is 6.42 Å². The van der Waals surface area contributed by atoms with Crippen molar-refractivity contribution in [3.63, 3.8) is 0 Å². The van der Waals surface area contributed by atoms with Gasteiger partial charge in [0.15, 0.2) is 11.7 Å². The molecular weight excluding hydrogens is 484 g/mol. The molecule has 0 rings (SSSR count). The Morgan fingerprint density at radius 1 is 0.784 bits per heavy atom. The number of hydrogen-bond acceptors (Lipinski definition) is 8. The number of allylic oxidation sites excluding steroid dienone is 2. The van der Waals surface area contributed by atoms with Gasteiger partial charge in [0.2, 0.25) is 0 Å². The molecule has 0 aromatic heterocycles. The zero-order valence-electron chi connectivity index (χ0n) is 22.2. The molecule has 0 aromatic rings. The van der Waals surface area contributed by atoms with Crippen molar-refractivity contribution in [3.05, 3.63) is 12.2 Å². The molecule has 0 saturated carbocycles. The SMILES string of the molecule is CCCCCCCC/C=C\CCCCCCCC(=O)OC(CO)COC(=O)CC(O)(CC(=O)O)C(=O)O. The van der Waals surface area contributed by atoms with Crippen molar-refractivity contribution >= 4 is 23.9 Å². The molecule has 10 heteroatoms. The molecule has 37 heavy (non-hydrogen) atoms. The molecule has 2 unspecified atom stereocenters. The molecule has 0 saturated heterocycles. The second-order valence-electron chi connectivity index (χ2n) is 9.40. The fourth-order valence-electron chi connectivity index (χ4n) is 3.65. The number of carboxylic acids is 2. The first-order valence-corrected chi connectivity index (χ1v) is 13.4. The minimum Gasteiger partial charge on any atom is -0.481 e. The van der Waals surface area contributed by atoms with Crippen molar-refractivity contribution in [1.29, 1.82) is 0 Å². The molecular formula is C27H46O10. The molecule has 0 aliphatic heterocycles. The summed E-state index contributed by atoms with van der Waals surface area (Å²) in [6, 6.07) is 0. The van der Waals surface area contributed by atoms with Gasteiger partial charge in [-0.3, -0.25) is 14.4 Å². The number of rotatable bonds is 24. The van der Waals surface area contributed by atoms with Crippen molar-refractivity contribution in [2.24, 2.45) is 0 Å². The zero-order valence-corrected chi connectivity index (χ0v) is 22.2. The number of aliphatic hydroxyl groups excluding tert-OH is 1. The first-order chi connectivity index (χ1) is 17.6. The van der Waals surface area contributed by atoms with Gasteiger partial charge >= 0.3 is 23.9 Å². The van der Waals surface area contributed by atoms with Crippen LogP contribution in [0.1, 0.15) is 110 Å². The zero-order chi connectivity index (χ0) is 27.9. The van der Waals surface area contributed by atoms with Crippen LogP contribution in [-0.2, 0) is 28.7 Å². The Labute approximate surface area is 220 Å². The smallest absolute Gasteiger partial charge is 0.336 e. The number of carbonyl (C=O) groups excluding carboxylic acids is 2. The fourth-order valence-corrected chi connectivity index (χ4v) is 3.65. The van der Waals surface area contributed by atoms with Crippen molar-refractivity contribution < 1.29 is 49.1 Å². The molecule has 0 fully saturated rings. The summed E-state index contributed by atoms with van der Waals surface area (Å²) in [5.41, 5.74) is -2.82. The van der Waals surface area contributed by atoms with Gasteiger partial charge in [0, 0.05) is 6.42 Å². The van der Waals surface area contributed by atoms with Gasteiger partial charge in [0.25, 0.3) is 0 Å². The number of ether oxygens (including phenoxy) is 2. The molecule has 0 bridgehead atoms. The third-order valence-electron chi connectivity index (χ3n) is 5.85. The average Bonchev–Trinajstić information content (AvgIpc) is 2.83. The molecule has 4 N–H and O–H groups in total. The number of esters is 2. The quantitative estimate of drug-likeness (QED) is 0.0808. The van der Waals surface area contributed by atoms with E-state index in [-0.39, 0.29) is 6.42 Å². The van der Waals surface area contributed by atoms with Crippen LogP contribution in [0.5, 0.6) is 0 Å². The molecule has 214 valence electrons. The molecule has 0 radical (unpaired) electrons. The van der Waals surface area contributed by atoms with E-state index in [2.05, 4.69) is 19.1 Å². The maximum Gasteiger partial charge on any atom is 0.336 e. The fraction of sp³-hybridized carbons (Fsp3) is 0.778. The molecule has 0 amide bonds. The minimum absolute atomic E-state index is 0.153. The van der Waals surface area contributed by atoms with Gasteiger partial charge in [0.05, 0.1) is 19.4 Å². The van der Waals surface area contributed by atoms with Crippen LogP contribution in [0.2, 0.25) is 0 Å². The lowest BCUT2D eigenvalue weighted by molar-refractivity contribution is -0.174. The standard InChI is InChI=1S/C27H46O10/c1-2-3-4-5-6-7-8-9-10-11-12-13-14-15-16-17-24(31)37-22(20-28)21-36-25(32)19-27(35,26(33)34)18-23(29)30/h9-10,22,28,35H,2-8,11-21H2,1H3,(H,29,30)(H,33,34)/b10-9-. The summed E-state index contributed by atoms with van der Waals surface area (Å²) in [6.07, 6.45) is 16.0. The Kier molecular flexibility index (Phi) is 20.2. The predicted octanol–water partition coefficient (Wildman–Crippen LogP) is 4.15. The Morgan fingerprint density at radius 2 is 1.32 bits per heavy atom. The summed E-state index contributed by atoms with van der Waals surface area (Å²) in [5, 5.41) is 36.8. The van der Waals surface area contributed by atoms with Crippen LogP contribution in [-0.4, -0.2) is 69.2 Å². The van der Waals surface area contributed by atoms with Gasteiger partial charge in [-0.1, -0.05) is 70.4 Å². The van der Waals surface area contributed by atoms with Crippen LogP contribution in [0.15, 0.2) is 12.2 Å². The first-order valence-electron chi connectivity index (χ1n) is 13.4. The topological polar surface area (TPSA) is 168 Å². The lowest BCUT2D eigenvalue weighted by Gasteiger charge is -2.21. The van der Waals surface area contributed by atoms with Gasteiger partial charge in [-0.25, -0.2) is 4.79 Å². The second-order valence-corrected chi connectivity index (χ2v) is 9.40. The molecule has 2 atom stereocenters. The molecule has 0 aromatic carbocycles. The van der Waals surface area contributed by atoms with Gasteiger partial charge in [-0.05, 0) is 32.1 Å². The van der Waals surface area contributed by atoms with Crippen LogP contribution in [0.25, 0.3) is 0 Å². The van der Waals surface area contributed by atoms with Crippen LogP contribution < -0.4 is 0 Å². The summed E-state index contributed by atoms with van der Waals surface area (Å²) >= 11 is 0. The number of aliphatic hydroxyl groups is 2. The minimum atomic E-state index is -2.82. The largest absolute Gasteiger partial charge is 0.481 e. The highest BCUT2D eigenvalue weighted by Crippen LogP contribution is 2.17. The first kappa shape index (κ1) is 34.5. The van der Waals surface area contributed by atoms with Crippen LogP contribution in [0, 0.1) is 0 Å². The summed E-state index contributed by atoms with van der Waals surface area (Å²) in [4.78, 5) is 45.6. The molecule has 0 heterocycles. The predicted molar refractivity (Wildman–Crippen MR) is 137 cm³/mol. The van der Waals surface area contributed by atoms with Crippen molar-refractivity contribution in [1.82, 2.24) is 0 Å². The second kappa shape index (κ2) is 21.6. The van der Waals surface area contributed by atoms with E-state index in [1.165, 1.54) is 38.5 Å². The summed E-state index contributed by atoms with van der Waals surface area (Å²) in [6.45, 7) is 1.06. The van der Waals surface area contributed by atoms with E-state index in [0.717, 1.165) is 38.5 Å². The van der Waals surface area contributed by atoms with E-state index in [9.17, 15) is 29.4 Å². The maximum absolute atomic E-state index is 12.0. The third kappa shape index (κ3) is 19.3. The Morgan fingerprint density at radius 3 is 1.84 bits per heavy atom. The highest BCUT2D eigenvalue weighted by atomic mass is 16.6. The third-order valence-corrected chi connectivity index (χ3v) is 5.85. The van der Waals surface area contributed by atoms with E-state index in [4.69, 9.17) is 19.7 Å². The Balaban J connectivity index is 3.92. The van der Waals surface area contributed by atoms with Crippen LogP contribution in [0.3, 0.4) is 0 Å². The van der Waals surface area contributed by atoms with Gasteiger partial charge in [0.1, 0.15) is 6.61 Å². The molecule has 0 aliphatic carbocycles. The normalized spacial score (nSPS) is 13.7. The van der Waals surface area contributed by atoms with Gasteiger partial charge in [-0.2, -0.15) is 0 Å². The van der Waals surface area contributed by atoms with Gasteiger partial charge < -0.3 is 29.9 Å². The number of carbonyl (C=O) groups is 4. The monoisotopic (exact) mass is 530 g/mol. The molecule has 10 nitrogen and oxygen atoms in total. The molecule has 0 aliphatic rings. The van der Waals surface area contributed by atoms with E-state index in [1.54, 1.807) is 0 Å². The Bertz CT molecular complexity index is 691. The van der Waals surface area contributed by atoms with E-state index in [1.807, 2.05) is 0 Å². The average molecular weight is 531 g/mol. The van der Waals surface area contributed by atoms with Gasteiger partial charge in [-0.15, -0.1) is 0 Å². The number of unbranched alkanes of at least 4 members (excludes halogenated alkanes) is 11. The molecule has 0 spiro atoms. The van der Waals surface area contributed by atoms with Crippen LogP contribution >= 0.6 is 0 Å².